The van der Waals surface area contributed by atoms with Crippen molar-refractivity contribution < 1.29 is 18.9 Å². The molecule has 39 heavy (non-hydrogen) atoms. The molecule has 2 aromatic carbocycles. The van der Waals surface area contributed by atoms with Gasteiger partial charge in [0.1, 0.15) is 23.0 Å². The molecule has 208 valence electrons. The Morgan fingerprint density at radius 1 is 0.538 bits per heavy atom. The molecule has 0 bridgehead atoms. The minimum Gasteiger partial charge on any atom is -0.496 e. The van der Waals surface area contributed by atoms with Gasteiger partial charge in [-0.25, -0.2) is 0 Å². The zero-order valence-corrected chi connectivity index (χ0v) is 26.6. The maximum atomic E-state index is 6.31. The third-order valence-corrected chi connectivity index (χ3v) is 9.91. The summed E-state index contributed by atoms with van der Waals surface area (Å²) in [6.45, 7) is 19.1. The van der Waals surface area contributed by atoms with Gasteiger partial charge in [-0.05, 0) is 114 Å². The molecule has 0 atom stereocenters. The first-order chi connectivity index (χ1) is 18.5. The zero-order valence-electron chi connectivity index (χ0n) is 25.0. The molecule has 0 N–H and O–H groups in total. The van der Waals surface area contributed by atoms with E-state index < -0.39 is 0 Å². The van der Waals surface area contributed by atoms with E-state index >= 15 is 0 Å². The number of methoxy groups -OCH3 is 2. The number of aryl methyl sites for hydroxylation is 1. The largest absolute Gasteiger partial charge is 0.496 e. The van der Waals surface area contributed by atoms with Crippen molar-refractivity contribution in [3.05, 3.63) is 58.1 Å². The quantitative estimate of drug-likeness (QED) is 0.203. The van der Waals surface area contributed by atoms with Crippen molar-refractivity contribution in [3.63, 3.8) is 0 Å². The maximum Gasteiger partial charge on any atom is 0.132 e. The minimum absolute atomic E-state index is 0.0592. The third kappa shape index (κ3) is 5.55. The fourth-order valence-corrected chi connectivity index (χ4v) is 7.79. The number of hydrogen-bond donors (Lipinski definition) is 0. The first kappa shape index (κ1) is 29.0. The Kier molecular flexibility index (Phi) is 8.67. The molecule has 2 heterocycles. The van der Waals surface area contributed by atoms with Gasteiger partial charge >= 0.3 is 0 Å². The zero-order chi connectivity index (χ0) is 28.6. The molecule has 4 aromatic rings. The molecule has 0 radical (unpaired) electrons. The number of hydrogen-bond acceptors (Lipinski definition) is 6. The molecule has 2 aromatic heterocycles. The summed E-state index contributed by atoms with van der Waals surface area (Å²) in [5.74, 6) is 3.37. The van der Waals surface area contributed by atoms with E-state index in [1.807, 2.05) is 40.9 Å². The van der Waals surface area contributed by atoms with Crippen molar-refractivity contribution in [2.75, 3.05) is 14.2 Å². The van der Waals surface area contributed by atoms with Crippen molar-refractivity contribution in [1.29, 1.82) is 0 Å². The molecule has 4 rings (SSSR count). The molecule has 0 spiro atoms. The highest BCUT2D eigenvalue weighted by molar-refractivity contribution is 7.25. The number of benzene rings is 2. The predicted molar refractivity (Wildman–Crippen MR) is 167 cm³/mol. The smallest absolute Gasteiger partial charge is 0.132 e. The van der Waals surface area contributed by atoms with Crippen LogP contribution >= 0.6 is 22.7 Å². The summed E-state index contributed by atoms with van der Waals surface area (Å²) in [5.41, 5.74) is 8.21. The van der Waals surface area contributed by atoms with E-state index in [4.69, 9.17) is 18.9 Å². The highest BCUT2D eigenvalue weighted by Gasteiger charge is 2.26. The van der Waals surface area contributed by atoms with Gasteiger partial charge in [0.05, 0.1) is 37.6 Å². The monoisotopic (exact) mass is 564 g/mol. The Hall–Kier alpha value is -2.96. The highest BCUT2D eigenvalue weighted by Crippen LogP contribution is 2.53. The first-order valence-electron chi connectivity index (χ1n) is 13.4. The Balaban J connectivity index is 1.93. The second-order valence-electron chi connectivity index (χ2n) is 10.5. The summed E-state index contributed by atoms with van der Waals surface area (Å²) in [6, 6.07) is 10.2. The van der Waals surface area contributed by atoms with Crippen LogP contribution in [0.25, 0.3) is 30.6 Å². The molecule has 0 aliphatic carbocycles. The summed E-state index contributed by atoms with van der Waals surface area (Å²) < 4.78 is 24.3. The van der Waals surface area contributed by atoms with E-state index in [0.29, 0.717) is 0 Å². The maximum absolute atomic E-state index is 6.31. The Labute approximate surface area is 241 Å². The second-order valence-corrected chi connectivity index (χ2v) is 12.6. The molecular weight excluding hydrogens is 524 g/mol. The minimum atomic E-state index is 0.0592. The van der Waals surface area contributed by atoms with Crippen LogP contribution in [-0.2, 0) is 0 Å². The lowest BCUT2D eigenvalue weighted by atomic mass is 10.0. The van der Waals surface area contributed by atoms with Crippen molar-refractivity contribution in [2.45, 2.75) is 74.5 Å². The van der Waals surface area contributed by atoms with Crippen molar-refractivity contribution in [3.8, 4) is 53.6 Å². The average Bonchev–Trinajstić information content (AvgIpc) is 3.32. The molecule has 0 amide bonds. The van der Waals surface area contributed by atoms with Crippen LogP contribution < -0.4 is 18.9 Å². The van der Waals surface area contributed by atoms with Crippen LogP contribution in [0, 0.1) is 34.6 Å². The molecule has 0 saturated carbocycles. The SMILES string of the molecule is COc1cccc(OC(C)C)c1-c1sc(-c2sc(-c3c(OC)cc(C)cc3OC(C)C)c(C)c2C)c(C)c1C. The molecule has 0 saturated heterocycles. The average molecular weight is 565 g/mol. The second kappa shape index (κ2) is 11.6. The van der Waals surface area contributed by atoms with Gasteiger partial charge in [0, 0.05) is 19.5 Å². The summed E-state index contributed by atoms with van der Waals surface area (Å²) in [5, 5.41) is 0. The van der Waals surface area contributed by atoms with Crippen LogP contribution in [0.3, 0.4) is 0 Å². The standard InChI is InChI=1S/C33H40O4S2/c1-17(2)36-25-14-12-13-24(34-10)28(25)30-20(6)22(8)32(38-30)33-23(9)21(7)31(39-33)29-26(35-11)15-19(5)16-27(29)37-18(3)4/h12-18H,1-11H3. The summed E-state index contributed by atoms with van der Waals surface area (Å²) in [6.07, 6.45) is 0.122. The van der Waals surface area contributed by atoms with Crippen LogP contribution in [0.1, 0.15) is 55.5 Å². The lowest BCUT2D eigenvalue weighted by molar-refractivity contribution is 0.242. The summed E-state index contributed by atoms with van der Waals surface area (Å²) >= 11 is 3.62. The third-order valence-electron chi connectivity index (χ3n) is 6.92. The van der Waals surface area contributed by atoms with Crippen LogP contribution in [0.4, 0.5) is 0 Å². The molecule has 0 aliphatic rings. The van der Waals surface area contributed by atoms with E-state index in [2.05, 4.69) is 74.4 Å². The molecule has 0 aliphatic heterocycles. The Bertz CT molecular complexity index is 1490. The topological polar surface area (TPSA) is 36.9 Å². The predicted octanol–water partition coefficient (Wildman–Crippen LogP) is 9.94. The van der Waals surface area contributed by atoms with Gasteiger partial charge in [-0.2, -0.15) is 0 Å². The molecule has 0 fully saturated rings. The molecular formula is C33H40O4S2. The summed E-state index contributed by atoms with van der Waals surface area (Å²) in [7, 11) is 3.46. The van der Waals surface area contributed by atoms with E-state index in [0.717, 1.165) is 39.7 Å². The van der Waals surface area contributed by atoms with Gasteiger partial charge < -0.3 is 18.9 Å². The van der Waals surface area contributed by atoms with E-state index in [-0.39, 0.29) is 12.2 Å². The van der Waals surface area contributed by atoms with Crippen molar-refractivity contribution >= 4 is 22.7 Å². The van der Waals surface area contributed by atoms with Gasteiger partial charge in [0.25, 0.3) is 0 Å². The van der Waals surface area contributed by atoms with Crippen LogP contribution in [0.5, 0.6) is 23.0 Å². The first-order valence-corrected chi connectivity index (χ1v) is 15.0. The van der Waals surface area contributed by atoms with Crippen LogP contribution in [0.2, 0.25) is 0 Å². The summed E-state index contributed by atoms with van der Waals surface area (Å²) in [4.78, 5) is 4.92. The van der Waals surface area contributed by atoms with Crippen molar-refractivity contribution in [2.24, 2.45) is 0 Å². The van der Waals surface area contributed by atoms with Gasteiger partial charge in [-0.3, -0.25) is 0 Å². The van der Waals surface area contributed by atoms with Crippen LogP contribution in [-0.4, -0.2) is 26.4 Å². The van der Waals surface area contributed by atoms with Crippen molar-refractivity contribution in [1.82, 2.24) is 0 Å². The Morgan fingerprint density at radius 3 is 1.44 bits per heavy atom. The fraction of sp³-hybridized carbons (Fsp3) is 0.394. The van der Waals surface area contributed by atoms with Crippen LogP contribution in [0.15, 0.2) is 30.3 Å². The van der Waals surface area contributed by atoms with Gasteiger partial charge in [0.2, 0.25) is 0 Å². The lowest BCUT2D eigenvalue weighted by Crippen LogP contribution is -2.07. The Morgan fingerprint density at radius 2 is 0.949 bits per heavy atom. The lowest BCUT2D eigenvalue weighted by Gasteiger charge is -2.18. The molecule has 6 heteroatoms. The number of thiophene rings is 2. The number of ether oxygens (including phenoxy) is 4. The van der Waals surface area contributed by atoms with Gasteiger partial charge in [0.15, 0.2) is 0 Å². The van der Waals surface area contributed by atoms with Gasteiger partial charge in [-0.1, -0.05) is 6.07 Å². The normalized spacial score (nSPS) is 11.4. The van der Waals surface area contributed by atoms with Gasteiger partial charge in [-0.15, -0.1) is 22.7 Å². The molecule has 4 nitrogen and oxygen atoms in total. The van der Waals surface area contributed by atoms with E-state index in [1.165, 1.54) is 41.8 Å². The van der Waals surface area contributed by atoms with E-state index in [9.17, 15) is 0 Å². The number of rotatable bonds is 9. The highest BCUT2D eigenvalue weighted by atomic mass is 32.1. The fourth-order valence-electron chi connectivity index (χ4n) is 4.81. The van der Waals surface area contributed by atoms with E-state index in [1.54, 1.807) is 14.2 Å². The molecule has 0 unspecified atom stereocenters.